The Morgan fingerprint density at radius 3 is 2.00 bits per heavy atom. The predicted octanol–water partition coefficient (Wildman–Crippen LogP) is 0.238. The molecule has 1 fully saturated rings. The fraction of sp³-hybridized carbons (Fsp3) is 0.833. The molecule has 5 heteroatoms. The van der Waals surface area contributed by atoms with Crippen LogP contribution in [0.15, 0.2) is 0 Å². The second kappa shape index (κ2) is 2.41. The van der Waals surface area contributed by atoms with Crippen LogP contribution in [-0.2, 0) is 4.79 Å². The van der Waals surface area contributed by atoms with Gasteiger partial charge in [-0.3, -0.25) is 4.79 Å². The van der Waals surface area contributed by atoms with Gasteiger partial charge in [0.2, 0.25) is 0 Å². The van der Waals surface area contributed by atoms with Gasteiger partial charge in [0.05, 0.1) is 0 Å². The average Bonchev–Trinajstić information content (AvgIpc) is 2.09. The summed E-state index contributed by atoms with van der Waals surface area (Å²) in [6.07, 6.45) is -4.31. The zero-order chi connectivity index (χ0) is 8.65. The maximum absolute atomic E-state index is 12.5. The molecule has 0 aromatic carbocycles. The minimum absolute atomic E-state index is 0.427. The minimum Gasteiger partial charge on any atom is -0.480 e. The van der Waals surface area contributed by atoms with Crippen molar-refractivity contribution in [2.75, 3.05) is 0 Å². The van der Waals surface area contributed by atoms with Crippen molar-refractivity contribution >= 4 is 5.97 Å². The highest BCUT2D eigenvalue weighted by atomic mass is 19.2. The molecule has 1 saturated carbocycles. The van der Waals surface area contributed by atoms with Crippen LogP contribution >= 0.6 is 0 Å². The lowest BCUT2D eigenvalue weighted by Crippen LogP contribution is -2.45. The molecule has 0 bridgehead atoms. The molecule has 1 rings (SSSR count). The number of carboxylic acid groups (broad SMARTS) is 1. The van der Waals surface area contributed by atoms with Crippen LogP contribution in [0.4, 0.5) is 8.78 Å². The quantitative estimate of drug-likeness (QED) is 0.585. The highest BCUT2D eigenvalue weighted by Gasteiger charge is 2.48. The van der Waals surface area contributed by atoms with Crippen LogP contribution in [0.1, 0.15) is 12.8 Å². The Morgan fingerprint density at radius 2 is 1.82 bits per heavy atom. The van der Waals surface area contributed by atoms with Crippen molar-refractivity contribution in [3.63, 3.8) is 0 Å². The average molecular weight is 165 g/mol. The maximum atomic E-state index is 12.5. The van der Waals surface area contributed by atoms with Gasteiger partial charge in [0, 0.05) is 12.8 Å². The van der Waals surface area contributed by atoms with Crippen LogP contribution in [0.3, 0.4) is 0 Å². The number of carboxylic acids is 1. The molecule has 0 amide bonds. The summed E-state index contributed by atoms with van der Waals surface area (Å²) in [6.45, 7) is 0. The molecule has 0 aliphatic heterocycles. The molecular weight excluding hydrogens is 156 g/mol. The molecule has 0 radical (unpaired) electrons. The third-order valence-corrected chi connectivity index (χ3v) is 1.94. The number of alkyl halides is 2. The van der Waals surface area contributed by atoms with Gasteiger partial charge in [-0.2, -0.15) is 0 Å². The molecule has 64 valence electrons. The van der Waals surface area contributed by atoms with Gasteiger partial charge in [0.15, 0.2) is 0 Å². The summed E-state index contributed by atoms with van der Waals surface area (Å²) in [4.78, 5) is 10.4. The van der Waals surface area contributed by atoms with E-state index in [0.29, 0.717) is 0 Å². The van der Waals surface area contributed by atoms with Gasteiger partial charge in [0.25, 0.3) is 0 Å². The van der Waals surface area contributed by atoms with Gasteiger partial charge in [-0.15, -0.1) is 0 Å². The van der Waals surface area contributed by atoms with Crippen LogP contribution in [-0.4, -0.2) is 29.0 Å². The van der Waals surface area contributed by atoms with Crippen molar-refractivity contribution in [1.82, 2.24) is 0 Å². The van der Waals surface area contributed by atoms with Crippen molar-refractivity contribution in [3.8, 4) is 0 Å². The van der Waals surface area contributed by atoms with Crippen LogP contribution in [0.2, 0.25) is 0 Å². The predicted molar refractivity (Wildman–Crippen MR) is 33.6 cm³/mol. The first-order valence-corrected chi connectivity index (χ1v) is 3.26. The lowest BCUT2D eigenvalue weighted by Gasteiger charge is -2.15. The van der Waals surface area contributed by atoms with Crippen molar-refractivity contribution < 1.29 is 18.7 Å². The zero-order valence-electron chi connectivity index (χ0n) is 5.76. The van der Waals surface area contributed by atoms with E-state index < -0.39 is 36.7 Å². The van der Waals surface area contributed by atoms with E-state index in [0.717, 1.165) is 0 Å². The molecule has 0 unspecified atom stereocenters. The molecule has 0 heterocycles. The molecule has 3 nitrogen and oxygen atoms in total. The standard InChI is InChI=1S/C6H9F2NO2/c7-3-1-6(9,5(10)11)2-4(3)8/h3-4H,1-2,9H2,(H,10,11)/t3-,4-/m1/s1. The summed E-state index contributed by atoms with van der Waals surface area (Å²) in [5.74, 6) is -1.33. The van der Waals surface area contributed by atoms with E-state index in [-0.39, 0.29) is 0 Å². The summed E-state index contributed by atoms with van der Waals surface area (Å²) in [7, 11) is 0. The molecule has 3 N–H and O–H groups in total. The monoisotopic (exact) mass is 165 g/mol. The molecule has 11 heavy (non-hydrogen) atoms. The van der Waals surface area contributed by atoms with Gasteiger partial charge in [-0.1, -0.05) is 0 Å². The second-order valence-electron chi connectivity index (χ2n) is 2.90. The van der Waals surface area contributed by atoms with Crippen LogP contribution < -0.4 is 5.73 Å². The summed E-state index contributed by atoms with van der Waals surface area (Å²) in [5.41, 5.74) is 3.51. The molecule has 1 aliphatic rings. The Labute approximate surface area is 62.2 Å². The number of nitrogens with two attached hydrogens (primary N) is 1. The lowest BCUT2D eigenvalue weighted by molar-refractivity contribution is -0.143. The molecule has 0 aromatic heterocycles. The molecule has 2 atom stereocenters. The van der Waals surface area contributed by atoms with E-state index in [9.17, 15) is 13.6 Å². The van der Waals surface area contributed by atoms with Crippen LogP contribution in [0, 0.1) is 0 Å². The van der Waals surface area contributed by atoms with Gasteiger partial charge < -0.3 is 10.8 Å². The van der Waals surface area contributed by atoms with Gasteiger partial charge in [-0.05, 0) is 0 Å². The van der Waals surface area contributed by atoms with E-state index in [1.54, 1.807) is 0 Å². The third kappa shape index (κ3) is 1.33. The Kier molecular flexibility index (Phi) is 1.83. The Morgan fingerprint density at radius 1 is 1.45 bits per heavy atom. The first-order chi connectivity index (χ1) is 4.96. The van der Waals surface area contributed by atoms with Gasteiger partial charge in [0.1, 0.15) is 17.9 Å². The molecule has 1 aliphatic carbocycles. The number of halogens is 2. The highest BCUT2D eigenvalue weighted by Crippen LogP contribution is 2.32. The van der Waals surface area contributed by atoms with Crippen molar-refractivity contribution in [1.29, 1.82) is 0 Å². The highest BCUT2D eigenvalue weighted by molar-refractivity contribution is 5.79. The van der Waals surface area contributed by atoms with Crippen LogP contribution in [0.5, 0.6) is 0 Å². The number of rotatable bonds is 1. The third-order valence-electron chi connectivity index (χ3n) is 1.94. The fourth-order valence-corrected chi connectivity index (χ4v) is 1.21. The molecule has 0 spiro atoms. The normalized spacial score (nSPS) is 35.5. The van der Waals surface area contributed by atoms with E-state index in [2.05, 4.69) is 0 Å². The first-order valence-electron chi connectivity index (χ1n) is 3.26. The molecule has 0 saturated heterocycles. The van der Waals surface area contributed by atoms with E-state index in [4.69, 9.17) is 10.8 Å². The van der Waals surface area contributed by atoms with Crippen LogP contribution in [0.25, 0.3) is 0 Å². The SMILES string of the molecule is NC1(C(=O)O)C[C@@H](F)[C@H](F)C1. The zero-order valence-corrected chi connectivity index (χ0v) is 5.76. The fourth-order valence-electron chi connectivity index (χ4n) is 1.21. The van der Waals surface area contributed by atoms with Gasteiger partial charge in [-0.25, -0.2) is 8.78 Å². The lowest BCUT2D eigenvalue weighted by atomic mass is 10.00. The summed E-state index contributed by atoms with van der Waals surface area (Å²) in [5, 5.41) is 8.45. The largest absolute Gasteiger partial charge is 0.480 e. The summed E-state index contributed by atoms with van der Waals surface area (Å²) >= 11 is 0. The van der Waals surface area contributed by atoms with Crippen molar-refractivity contribution in [2.24, 2.45) is 5.73 Å². The van der Waals surface area contributed by atoms with Gasteiger partial charge >= 0.3 is 5.97 Å². The van der Waals surface area contributed by atoms with E-state index in [1.807, 2.05) is 0 Å². The van der Waals surface area contributed by atoms with Crippen molar-refractivity contribution in [2.45, 2.75) is 30.7 Å². The smallest absolute Gasteiger partial charge is 0.323 e. The Balaban J connectivity index is 2.71. The Hall–Kier alpha value is -0.710. The summed E-state index contributed by atoms with van der Waals surface area (Å²) < 4.78 is 24.9. The Bertz CT molecular complexity index is 175. The van der Waals surface area contributed by atoms with E-state index in [1.165, 1.54) is 0 Å². The first kappa shape index (κ1) is 8.39. The maximum Gasteiger partial charge on any atom is 0.323 e. The number of carbonyl (C=O) groups is 1. The topological polar surface area (TPSA) is 63.3 Å². The second-order valence-corrected chi connectivity index (χ2v) is 2.90. The molecule has 0 aromatic rings. The van der Waals surface area contributed by atoms with E-state index >= 15 is 0 Å². The minimum atomic E-state index is -1.73. The molecular formula is C6H9F2NO2. The number of aliphatic carboxylic acids is 1. The number of hydrogen-bond donors (Lipinski definition) is 2. The summed E-state index contributed by atoms with van der Waals surface area (Å²) in [6, 6.07) is 0. The number of hydrogen-bond acceptors (Lipinski definition) is 2. The van der Waals surface area contributed by atoms with Crippen molar-refractivity contribution in [3.05, 3.63) is 0 Å².